The van der Waals surface area contributed by atoms with Crippen LogP contribution in [0.15, 0.2) is 16.7 Å². The Balaban J connectivity index is 2.37. The van der Waals surface area contributed by atoms with Crippen molar-refractivity contribution >= 4 is 11.9 Å². The number of aliphatic carboxylic acids is 1. The van der Waals surface area contributed by atoms with E-state index in [4.69, 9.17) is 9.52 Å². The number of aryl methyl sites for hydroxylation is 1. The third kappa shape index (κ3) is 4.30. The van der Waals surface area contributed by atoms with Crippen LogP contribution in [-0.2, 0) is 16.1 Å². The lowest BCUT2D eigenvalue weighted by Gasteiger charge is -2.16. The maximum absolute atomic E-state index is 11.7. The summed E-state index contributed by atoms with van der Waals surface area (Å²) >= 11 is 0. The Kier molecular flexibility index (Phi) is 4.75. The molecule has 0 aliphatic heterocycles. The van der Waals surface area contributed by atoms with Crippen LogP contribution in [0, 0.1) is 6.92 Å². The number of carboxylic acid groups (broad SMARTS) is 1. The number of carboxylic acids is 1. The summed E-state index contributed by atoms with van der Waals surface area (Å²) in [5, 5.41) is 8.47. The van der Waals surface area contributed by atoms with Crippen molar-refractivity contribution in [1.29, 1.82) is 0 Å². The van der Waals surface area contributed by atoms with Gasteiger partial charge in [0.05, 0.1) is 6.26 Å². The van der Waals surface area contributed by atoms with Gasteiger partial charge in [0.15, 0.2) is 0 Å². The Morgan fingerprint density at radius 1 is 1.41 bits per heavy atom. The van der Waals surface area contributed by atoms with Crippen molar-refractivity contribution < 1.29 is 19.1 Å². The molecule has 5 heteroatoms. The van der Waals surface area contributed by atoms with Gasteiger partial charge in [-0.25, -0.2) is 0 Å². The molecule has 0 aliphatic rings. The number of rotatable bonds is 6. The van der Waals surface area contributed by atoms with E-state index in [-0.39, 0.29) is 18.7 Å². The Morgan fingerprint density at radius 2 is 2.12 bits per heavy atom. The molecule has 1 amide bonds. The molecular weight excluding hydrogens is 222 g/mol. The van der Waals surface area contributed by atoms with Crippen LogP contribution in [0.25, 0.3) is 0 Å². The minimum atomic E-state index is -0.869. The van der Waals surface area contributed by atoms with Crippen LogP contribution in [0.4, 0.5) is 0 Å². The van der Waals surface area contributed by atoms with Gasteiger partial charge in [0, 0.05) is 32.0 Å². The second-order valence-electron chi connectivity index (χ2n) is 4.00. The van der Waals surface area contributed by atoms with E-state index in [2.05, 4.69) is 0 Å². The number of hydrogen-bond donors (Lipinski definition) is 1. The van der Waals surface area contributed by atoms with E-state index in [0.717, 1.165) is 11.3 Å². The molecule has 0 spiro atoms. The molecule has 1 aromatic heterocycles. The molecule has 5 nitrogen and oxygen atoms in total. The van der Waals surface area contributed by atoms with Gasteiger partial charge in [-0.05, 0) is 19.4 Å². The highest BCUT2D eigenvalue weighted by Crippen LogP contribution is 2.12. The molecule has 0 radical (unpaired) electrons. The fourth-order valence-electron chi connectivity index (χ4n) is 1.50. The molecule has 0 saturated carbocycles. The fraction of sp³-hybridized carbons (Fsp3) is 0.500. The van der Waals surface area contributed by atoms with Crippen molar-refractivity contribution in [2.45, 2.75) is 32.7 Å². The van der Waals surface area contributed by atoms with E-state index in [0.29, 0.717) is 13.0 Å². The van der Waals surface area contributed by atoms with Crippen molar-refractivity contribution in [2.75, 3.05) is 7.05 Å². The Hall–Kier alpha value is -1.78. The first-order valence-corrected chi connectivity index (χ1v) is 5.49. The summed E-state index contributed by atoms with van der Waals surface area (Å²) in [6.07, 6.45) is 2.26. The predicted octanol–water partition coefficient (Wildman–Crippen LogP) is 1.80. The smallest absolute Gasteiger partial charge is 0.303 e. The third-order valence-electron chi connectivity index (χ3n) is 2.58. The largest absolute Gasteiger partial charge is 0.481 e. The Labute approximate surface area is 100 Å². The lowest BCUT2D eigenvalue weighted by molar-refractivity contribution is -0.137. The molecule has 1 aromatic rings. The van der Waals surface area contributed by atoms with Gasteiger partial charge in [-0.2, -0.15) is 0 Å². The molecule has 94 valence electrons. The molecule has 1 heterocycles. The third-order valence-corrected chi connectivity index (χ3v) is 2.58. The summed E-state index contributed by atoms with van der Waals surface area (Å²) in [6.45, 7) is 2.34. The second-order valence-corrected chi connectivity index (χ2v) is 4.00. The number of nitrogens with zero attached hydrogens (tertiary/aromatic N) is 1. The second kappa shape index (κ2) is 6.08. The molecule has 0 unspecified atom stereocenters. The highest BCUT2D eigenvalue weighted by molar-refractivity contribution is 5.76. The predicted molar refractivity (Wildman–Crippen MR) is 61.4 cm³/mol. The number of carbonyl (C=O) groups excluding carboxylic acids is 1. The maximum atomic E-state index is 11.7. The van der Waals surface area contributed by atoms with Gasteiger partial charge < -0.3 is 14.4 Å². The highest BCUT2D eigenvalue weighted by Gasteiger charge is 2.12. The van der Waals surface area contributed by atoms with Gasteiger partial charge in [-0.15, -0.1) is 0 Å². The van der Waals surface area contributed by atoms with E-state index in [1.54, 1.807) is 18.2 Å². The van der Waals surface area contributed by atoms with Crippen molar-refractivity contribution in [3.8, 4) is 0 Å². The van der Waals surface area contributed by atoms with E-state index in [1.807, 2.05) is 13.0 Å². The molecule has 1 N–H and O–H groups in total. The highest BCUT2D eigenvalue weighted by atomic mass is 16.4. The van der Waals surface area contributed by atoms with E-state index in [9.17, 15) is 9.59 Å². The fourth-order valence-corrected chi connectivity index (χ4v) is 1.50. The molecule has 0 atom stereocenters. The summed E-state index contributed by atoms with van der Waals surface area (Å²) in [5.41, 5.74) is 0.971. The zero-order chi connectivity index (χ0) is 12.8. The Bertz CT molecular complexity index is 397. The van der Waals surface area contributed by atoms with Crippen LogP contribution in [0.5, 0.6) is 0 Å². The van der Waals surface area contributed by atoms with Gasteiger partial charge >= 0.3 is 5.97 Å². The number of hydrogen-bond acceptors (Lipinski definition) is 3. The number of amides is 1. The van der Waals surface area contributed by atoms with Crippen LogP contribution in [-0.4, -0.2) is 28.9 Å². The summed E-state index contributed by atoms with van der Waals surface area (Å²) in [4.78, 5) is 23.6. The molecule has 0 saturated heterocycles. The van der Waals surface area contributed by atoms with Crippen LogP contribution in [0.3, 0.4) is 0 Å². The minimum absolute atomic E-state index is 0.0321. The van der Waals surface area contributed by atoms with Gasteiger partial charge in [0.2, 0.25) is 5.91 Å². The minimum Gasteiger partial charge on any atom is -0.481 e. The number of carbonyl (C=O) groups is 2. The average molecular weight is 239 g/mol. The van der Waals surface area contributed by atoms with Crippen LogP contribution in [0.2, 0.25) is 0 Å². The van der Waals surface area contributed by atoms with Crippen LogP contribution >= 0.6 is 0 Å². The quantitative estimate of drug-likeness (QED) is 0.821. The van der Waals surface area contributed by atoms with E-state index in [1.165, 1.54) is 0 Å². The monoisotopic (exact) mass is 239 g/mol. The van der Waals surface area contributed by atoms with Crippen molar-refractivity contribution in [3.63, 3.8) is 0 Å². The SMILES string of the molecule is Cc1occc1CN(C)C(=O)CCCC(=O)O. The molecule has 0 aliphatic carbocycles. The normalized spacial score (nSPS) is 10.2. The van der Waals surface area contributed by atoms with Crippen molar-refractivity contribution in [3.05, 3.63) is 23.7 Å². The van der Waals surface area contributed by atoms with E-state index >= 15 is 0 Å². The standard InChI is InChI=1S/C12H17NO4/c1-9-10(6-7-17-9)8-13(2)11(14)4-3-5-12(15)16/h6-7H,3-5,8H2,1-2H3,(H,15,16). The van der Waals surface area contributed by atoms with Gasteiger partial charge in [-0.3, -0.25) is 9.59 Å². The molecule has 0 bridgehead atoms. The first-order chi connectivity index (χ1) is 8.00. The first kappa shape index (κ1) is 13.3. The maximum Gasteiger partial charge on any atom is 0.303 e. The molecule has 17 heavy (non-hydrogen) atoms. The molecule has 1 rings (SSSR count). The first-order valence-electron chi connectivity index (χ1n) is 5.49. The van der Waals surface area contributed by atoms with Crippen LogP contribution in [0.1, 0.15) is 30.6 Å². The van der Waals surface area contributed by atoms with Gasteiger partial charge in [0.1, 0.15) is 5.76 Å². The van der Waals surface area contributed by atoms with Gasteiger partial charge in [0.25, 0.3) is 0 Å². The summed E-state index contributed by atoms with van der Waals surface area (Å²) in [7, 11) is 1.70. The number of furan rings is 1. The molecule has 0 fully saturated rings. The molecular formula is C12H17NO4. The average Bonchev–Trinajstić information content (AvgIpc) is 2.63. The van der Waals surface area contributed by atoms with Crippen LogP contribution < -0.4 is 0 Å². The molecule has 0 aromatic carbocycles. The summed E-state index contributed by atoms with van der Waals surface area (Å²) in [6, 6.07) is 1.83. The lowest BCUT2D eigenvalue weighted by Crippen LogP contribution is -2.26. The zero-order valence-corrected chi connectivity index (χ0v) is 10.1. The lowest BCUT2D eigenvalue weighted by atomic mass is 10.2. The Morgan fingerprint density at radius 3 is 2.65 bits per heavy atom. The van der Waals surface area contributed by atoms with E-state index < -0.39 is 5.97 Å². The van der Waals surface area contributed by atoms with Crippen molar-refractivity contribution in [2.24, 2.45) is 0 Å². The topological polar surface area (TPSA) is 70.8 Å². The zero-order valence-electron chi connectivity index (χ0n) is 10.1. The summed E-state index contributed by atoms with van der Waals surface area (Å²) < 4.78 is 5.14. The summed E-state index contributed by atoms with van der Waals surface area (Å²) in [5.74, 6) is -0.117. The van der Waals surface area contributed by atoms with Crippen molar-refractivity contribution in [1.82, 2.24) is 4.90 Å². The van der Waals surface area contributed by atoms with Gasteiger partial charge in [-0.1, -0.05) is 0 Å².